The van der Waals surface area contributed by atoms with Crippen molar-refractivity contribution in [3.63, 3.8) is 0 Å². The van der Waals surface area contributed by atoms with Crippen molar-refractivity contribution in [1.29, 1.82) is 0 Å². The number of benzene rings is 2. The second-order valence-electron chi connectivity index (χ2n) is 9.30. The van der Waals surface area contributed by atoms with Crippen molar-refractivity contribution < 1.29 is 19.5 Å². The number of aryl methyl sites for hydroxylation is 2. The van der Waals surface area contributed by atoms with Crippen LogP contribution in [0.1, 0.15) is 45.1 Å². The van der Waals surface area contributed by atoms with Gasteiger partial charge < -0.3 is 20.6 Å². The van der Waals surface area contributed by atoms with Gasteiger partial charge in [0.25, 0.3) is 5.91 Å². The largest absolute Gasteiger partial charge is 0.465 e. The molecule has 1 aromatic heterocycles. The summed E-state index contributed by atoms with van der Waals surface area (Å²) in [4.78, 5) is 42.0. The first-order valence-corrected chi connectivity index (χ1v) is 12.7. The molecule has 1 aliphatic heterocycles. The molecule has 0 saturated carbocycles. The molecule has 4 amide bonds. The summed E-state index contributed by atoms with van der Waals surface area (Å²) in [5.74, 6) is -0.225. The molecular formula is C27H27ClN6O4. The van der Waals surface area contributed by atoms with Crippen LogP contribution in [-0.4, -0.2) is 52.2 Å². The van der Waals surface area contributed by atoms with E-state index in [1.165, 1.54) is 28.3 Å². The maximum Gasteiger partial charge on any atom is 0.407 e. The van der Waals surface area contributed by atoms with Crippen LogP contribution in [0.5, 0.6) is 0 Å². The lowest BCUT2D eigenvalue weighted by atomic mass is 9.95. The highest BCUT2D eigenvalue weighted by Gasteiger charge is 2.28. The van der Waals surface area contributed by atoms with Crippen LogP contribution in [0.4, 0.5) is 15.4 Å². The predicted molar refractivity (Wildman–Crippen MR) is 142 cm³/mol. The molecule has 1 saturated heterocycles. The second kappa shape index (κ2) is 11.0. The molecule has 1 unspecified atom stereocenters. The Morgan fingerprint density at radius 1 is 0.974 bits per heavy atom. The smallest absolute Gasteiger partial charge is 0.407 e. The third kappa shape index (κ3) is 5.50. The number of amides is 4. The molecular weight excluding hydrogens is 508 g/mol. The van der Waals surface area contributed by atoms with Crippen LogP contribution in [0.15, 0.2) is 60.8 Å². The van der Waals surface area contributed by atoms with Crippen LogP contribution in [-0.2, 0) is 12.8 Å². The number of carbonyl (C=O) groups excluding carboxylic acids is 2. The SMILES string of the molecule is O=C(NNc1ncc(C(=O)NC2CCN(C(=O)O)C2)cc1Cl)NC1c2ccccc2CCc2ccccc21. The fourth-order valence-corrected chi connectivity index (χ4v) is 5.15. The molecule has 5 rings (SSSR count). The Hall–Kier alpha value is -4.31. The Morgan fingerprint density at radius 2 is 1.63 bits per heavy atom. The van der Waals surface area contributed by atoms with Crippen LogP contribution in [0.3, 0.4) is 0 Å². The van der Waals surface area contributed by atoms with Gasteiger partial charge in [0, 0.05) is 25.3 Å². The minimum absolute atomic E-state index is 0.140. The van der Waals surface area contributed by atoms with Gasteiger partial charge in [-0.05, 0) is 47.6 Å². The quantitative estimate of drug-likeness (QED) is 0.316. The maximum absolute atomic E-state index is 12.9. The van der Waals surface area contributed by atoms with Gasteiger partial charge in [-0.1, -0.05) is 60.1 Å². The molecule has 1 fully saturated rings. The fraction of sp³-hybridized carbons (Fsp3) is 0.259. The van der Waals surface area contributed by atoms with Crippen LogP contribution in [0.25, 0.3) is 0 Å². The average molecular weight is 535 g/mol. The van der Waals surface area contributed by atoms with Gasteiger partial charge >= 0.3 is 12.1 Å². The number of rotatable bonds is 5. The van der Waals surface area contributed by atoms with Crippen molar-refractivity contribution in [1.82, 2.24) is 25.9 Å². The summed E-state index contributed by atoms with van der Waals surface area (Å²) in [6, 6.07) is 16.5. The lowest BCUT2D eigenvalue weighted by molar-refractivity contribution is 0.0935. The molecule has 2 aromatic carbocycles. The number of carbonyl (C=O) groups is 3. The molecule has 0 radical (unpaired) electrons. The molecule has 0 bridgehead atoms. The number of nitrogens with zero attached hydrogens (tertiary/aromatic N) is 2. The van der Waals surface area contributed by atoms with E-state index in [1.807, 2.05) is 36.4 Å². The van der Waals surface area contributed by atoms with Gasteiger partial charge in [0.2, 0.25) is 0 Å². The minimum atomic E-state index is -1.01. The predicted octanol–water partition coefficient (Wildman–Crippen LogP) is 3.73. The summed E-state index contributed by atoms with van der Waals surface area (Å²) >= 11 is 6.32. The van der Waals surface area contributed by atoms with E-state index in [9.17, 15) is 14.4 Å². The number of hydrazine groups is 1. The molecule has 10 nitrogen and oxygen atoms in total. The first-order chi connectivity index (χ1) is 18.4. The van der Waals surface area contributed by atoms with Gasteiger partial charge in [-0.3, -0.25) is 15.6 Å². The van der Waals surface area contributed by atoms with Crippen molar-refractivity contribution in [3.8, 4) is 0 Å². The Bertz CT molecular complexity index is 1340. The van der Waals surface area contributed by atoms with E-state index >= 15 is 0 Å². The lowest BCUT2D eigenvalue weighted by Gasteiger charge is -2.22. The Kier molecular flexibility index (Phi) is 7.32. The monoisotopic (exact) mass is 534 g/mol. The van der Waals surface area contributed by atoms with Crippen molar-refractivity contribution in [2.45, 2.75) is 31.3 Å². The van der Waals surface area contributed by atoms with E-state index < -0.39 is 18.0 Å². The number of fused-ring (bicyclic) bond motifs is 2. The normalized spacial score (nSPS) is 16.6. The standard InChI is InChI=1S/C27H27ClN6O4/c28-22-13-18(25(35)30-19-11-12-34(15-19)27(37)38)14-29-24(22)32-33-26(36)31-23-20-7-3-1-5-16(20)9-10-17-6-2-4-8-21(17)23/h1-8,13-14,19,23H,9-12,15H2,(H,29,32)(H,30,35)(H,37,38)(H2,31,33,36). The molecule has 196 valence electrons. The number of halogens is 1. The van der Waals surface area contributed by atoms with E-state index in [0.29, 0.717) is 13.0 Å². The Balaban J connectivity index is 1.22. The van der Waals surface area contributed by atoms with Crippen molar-refractivity contribution >= 4 is 35.5 Å². The Labute approximate surface area is 224 Å². The third-order valence-electron chi connectivity index (χ3n) is 6.86. The molecule has 2 heterocycles. The Morgan fingerprint density at radius 3 is 2.24 bits per heavy atom. The van der Waals surface area contributed by atoms with Gasteiger partial charge in [0.05, 0.1) is 16.6 Å². The van der Waals surface area contributed by atoms with Crippen molar-refractivity contribution in [2.24, 2.45) is 0 Å². The highest BCUT2D eigenvalue weighted by molar-refractivity contribution is 6.33. The van der Waals surface area contributed by atoms with Crippen LogP contribution >= 0.6 is 11.6 Å². The summed E-state index contributed by atoms with van der Waals surface area (Å²) in [5, 5.41) is 15.1. The minimum Gasteiger partial charge on any atom is -0.465 e. The average Bonchev–Trinajstić information content (AvgIpc) is 3.33. The molecule has 0 spiro atoms. The highest BCUT2D eigenvalue weighted by atomic mass is 35.5. The number of likely N-dealkylation sites (tertiary alicyclic amines) is 1. The molecule has 3 aromatic rings. The molecule has 11 heteroatoms. The number of hydrogen-bond acceptors (Lipinski definition) is 5. The number of pyridine rings is 1. The lowest BCUT2D eigenvalue weighted by Crippen LogP contribution is -2.41. The van der Waals surface area contributed by atoms with Gasteiger partial charge in [-0.25, -0.2) is 14.6 Å². The number of anilines is 1. The zero-order chi connectivity index (χ0) is 26.6. The third-order valence-corrected chi connectivity index (χ3v) is 7.15. The summed E-state index contributed by atoms with van der Waals surface area (Å²) in [7, 11) is 0. The molecule has 1 aliphatic carbocycles. The zero-order valence-corrected chi connectivity index (χ0v) is 21.2. The molecule has 5 N–H and O–H groups in total. The number of urea groups is 1. The summed E-state index contributed by atoms with van der Waals surface area (Å²) in [6.45, 7) is 0.602. The van der Waals surface area contributed by atoms with Gasteiger partial charge in [-0.2, -0.15) is 0 Å². The van der Waals surface area contributed by atoms with Gasteiger partial charge in [-0.15, -0.1) is 0 Å². The van der Waals surface area contributed by atoms with E-state index in [4.69, 9.17) is 16.7 Å². The number of carboxylic acid groups (broad SMARTS) is 1. The molecule has 38 heavy (non-hydrogen) atoms. The first kappa shape index (κ1) is 25.3. The number of aromatic nitrogens is 1. The summed E-state index contributed by atoms with van der Waals surface area (Å²) < 4.78 is 0. The van der Waals surface area contributed by atoms with Crippen LogP contribution in [0, 0.1) is 0 Å². The van der Waals surface area contributed by atoms with E-state index in [2.05, 4.69) is 38.6 Å². The fourth-order valence-electron chi connectivity index (χ4n) is 4.94. The zero-order valence-electron chi connectivity index (χ0n) is 20.4. The second-order valence-corrected chi connectivity index (χ2v) is 9.70. The number of hydrogen-bond donors (Lipinski definition) is 5. The maximum atomic E-state index is 12.9. The summed E-state index contributed by atoms with van der Waals surface area (Å²) in [6.07, 6.45) is 2.65. The summed E-state index contributed by atoms with van der Waals surface area (Å²) in [5.41, 5.74) is 10.0. The van der Waals surface area contributed by atoms with E-state index in [-0.39, 0.29) is 35.0 Å². The topological polar surface area (TPSA) is 136 Å². The number of nitrogens with one attached hydrogen (secondary N) is 4. The molecule has 2 aliphatic rings. The van der Waals surface area contributed by atoms with Crippen molar-refractivity contribution in [3.05, 3.63) is 93.6 Å². The van der Waals surface area contributed by atoms with Crippen LogP contribution in [0.2, 0.25) is 5.02 Å². The highest BCUT2D eigenvalue weighted by Crippen LogP contribution is 2.32. The van der Waals surface area contributed by atoms with Gasteiger partial charge in [0.15, 0.2) is 5.82 Å². The van der Waals surface area contributed by atoms with Crippen LogP contribution < -0.4 is 21.5 Å². The first-order valence-electron chi connectivity index (χ1n) is 12.3. The van der Waals surface area contributed by atoms with E-state index in [0.717, 1.165) is 24.0 Å². The van der Waals surface area contributed by atoms with Crippen molar-refractivity contribution in [2.75, 3.05) is 18.5 Å². The molecule has 1 atom stereocenters. The van der Waals surface area contributed by atoms with Gasteiger partial charge in [0.1, 0.15) is 0 Å². The van der Waals surface area contributed by atoms with E-state index in [1.54, 1.807) is 0 Å².